The highest BCUT2D eigenvalue weighted by Gasteiger charge is 2.09. The smallest absolute Gasteiger partial charge is 0.251 e. The minimum Gasteiger partial charge on any atom is -0.495 e. The van der Waals surface area contributed by atoms with Crippen molar-refractivity contribution < 1.29 is 13.9 Å². The molecule has 0 aliphatic rings. The molecule has 2 N–H and O–H groups in total. The molecule has 0 atom stereocenters. The summed E-state index contributed by atoms with van der Waals surface area (Å²) in [5.74, 6) is 2.48. The Hall–Kier alpha value is -2.92. The molecule has 1 heterocycles. The van der Waals surface area contributed by atoms with Crippen LogP contribution in [0.25, 0.3) is 11.3 Å². The van der Waals surface area contributed by atoms with Crippen molar-refractivity contribution in [3.63, 3.8) is 0 Å². The molecule has 1 amide bonds. The summed E-state index contributed by atoms with van der Waals surface area (Å²) >= 11 is 6.20. The topological polar surface area (TPSA) is 63.5 Å². The lowest BCUT2D eigenvalue weighted by atomic mass is 10.1. The van der Waals surface area contributed by atoms with Crippen molar-refractivity contribution in [2.45, 2.75) is 20.4 Å². The van der Waals surface area contributed by atoms with Crippen LogP contribution in [0.3, 0.4) is 0 Å². The summed E-state index contributed by atoms with van der Waals surface area (Å²) in [7, 11) is 1.58. The van der Waals surface area contributed by atoms with Crippen LogP contribution in [-0.4, -0.2) is 19.6 Å². The third-order valence-corrected chi connectivity index (χ3v) is 4.66. The van der Waals surface area contributed by atoms with Crippen LogP contribution in [0, 0.1) is 5.92 Å². The fraction of sp³-hybridized carbons (Fsp3) is 0.261. The lowest BCUT2D eigenvalue weighted by Crippen LogP contribution is -2.27. The van der Waals surface area contributed by atoms with Crippen molar-refractivity contribution in [3.8, 4) is 17.1 Å². The van der Waals surface area contributed by atoms with Crippen LogP contribution >= 0.6 is 11.6 Å². The third kappa shape index (κ3) is 5.55. The monoisotopic (exact) mass is 412 g/mol. The maximum absolute atomic E-state index is 12.2. The second kappa shape index (κ2) is 9.52. The van der Waals surface area contributed by atoms with Crippen molar-refractivity contribution in [1.82, 2.24) is 5.32 Å². The average molecular weight is 413 g/mol. The molecule has 1 aromatic heterocycles. The molecule has 3 rings (SSSR count). The molecule has 152 valence electrons. The lowest BCUT2D eigenvalue weighted by Gasteiger charge is -2.09. The molecular weight excluding hydrogens is 388 g/mol. The largest absolute Gasteiger partial charge is 0.495 e. The number of rotatable bonds is 8. The van der Waals surface area contributed by atoms with Gasteiger partial charge in [0.1, 0.15) is 17.3 Å². The quantitative estimate of drug-likeness (QED) is 0.505. The van der Waals surface area contributed by atoms with E-state index in [2.05, 4.69) is 24.5 Å². The van der Waals surface area contributed by atoms with Crippen LogP contribution in [0.4, 0.5) is 5.69 Å². The molecule has 2 aromatic carbocycles. The van der Waals surface area contributed by atoms with Gasteiger partial charge in [0.05, 0.1) is 18.7 Å². The molecule has 3 aromatic rings. The van der Waals surface area contributed by atoms with Crippen LogP contribution in [0.1, 0.15) is 30.0 Å². The number of carbonyl (C=O) groups is 1. The van der Waals surface area contributed by atoms with Crippen LogP contribution < -0.4 is 15.4 Å². The van der Waals surface area contributed by atoms with Gasteiger partial charge in [0.25, 0.3) is 5.91 Å². The predicted molar refractivity (Wildman–Crippen MR) is 117 cm³/mol. The van der Waals surface area contributed by atoms with Gasteiger partial charge in [0.15, 0.2) is 0 Å². The Bertz CT molecular complexity index is 982. The van der Waals surface area contributed by atoms with E-state index in [-0.39, 0.29) is 5.91 Å². The van der Waals surface area contributed by atoms with Crippen molar-refractivity contribution in [1.29, 1.82) is 0 Å². The van der Waals surface area contributed by atoms with Crippen LogP contribution in [-0.2, 0) is 6.54 Å². The van der Waals surface area contributed by atoms with Gasteiger partial charge in [0.2, 0.25) is 0 Å². The second-order valence-corrected chi connectivity index (χ2v) is 7.56. The summed E-state index contributed by atoms with van der Waals surface area (Å²) in [5, 5.41) is 6.76. The number of anilines is 1. The lowest BCUT2D eigenvalue weighted by molar-refractivity contribution is 0.0949. The van der Waals surface area contributed by atoms with E-state index < -0.39 is 0 Å². The van der Waals surface area contributed by atoms with Gasteiger partial charge in [-0.3, -0.25) is 4.79 Å². The molecule has 0 radical (unpaired) electrons. The maximum atomic E-state index is 12.2. The van der Waals surface area contributed by atoms with Crippen LogP contribution in [0.15, 0.2) is 59.0 Å². The van der Waals surface area contributed by atoms with E-state index in [4.69, 9.17) is 20.8 Å². The summed E-state index contributed by atoms with van der Waals surface area (Å²) in [4.78, 5) is 12.2. The first-order chi connectivity index (χ1) is 14.0. The second-order valence-electron chi connectivity index (χ2n) is 7.15. The molecule has 5 nitrogen and oxygen atoms in total. The Morgan fingerprint density at radius 2 is 1.97 bits per heavy atom. The Kier molecular flexibility index (Phi) is 6.83. The standard InChI is InChI=1S/C23H25ClN2O3/c1-15(2)13-26-23(27)17-5-4-6-18(11-17)25-14-19-8-10-21(29-19)16-7-9-22(28-3)20(24)12-16/h4-12,15,25H,13-14H2,1-3H3,(H,26,27). The Morgan fingerprint density at radius 3 is 2.69 bits per heavy atom. The average Bonchev–Trinajstić information content (AvgIpc) is 3.19. The number of methoxy groups -OCH3 is 1. The van der Waals surface area contributed by atoms with Gasteiger partial charge in [-0.25, -0.2) is 0 Å². The number of hydrogen-bond donors (Lipinski definition) is 2. The van der Waals surface area contributed by atoms with E-state index >= 15 is 0 Å². The zero-order valence-corrected chi connectivity index (χ0v) is 17.5. The van der Waals surface area contributed by atoms with Gasteiger partial charge in [-0.2, -0.15) is 0 Å². The summed E-state index contributed by atoms with van der Waals surface area (Å²) in [6, 6.07) is 16.8. The Labute approximate surface area is 176 Å². The minimum atomic E-state index is -0.0704. The number of benzene rings is 2. The first-order valence-corrected chi connectivity index (χ1v) is 9.89. The molecule has 0 aliphatic heterocycles. The molecule has 0 unspecified atom stereocenters. The van der Waals surface area contributed by atoms with Gasteiger partial charge in [-0.05, 0) is 54.4 Å². The minimum absolute atomic E-state index is 0.0704. The summed E-state index contributed by atoms with van der Waals surface area (Å²) in [5.41, 5.74) is 2.36. The number of nitrogens with one attached hydrogen (secondary N) is 2. The zero-order chi connectivity index (χ0) is 20.8. The SMILES string of the molecule is COc1ccc(-c2ccc(CNc3cccc(C(=O)NCC(C)C)c3)o2)cc1Cl. The fourth-order valence-electron chi connectivity index (χ4n) is 2.81. The zero-order valence-electron chi connectivity index (χ0n) is 16.8. The number of amides is 1. The van der Waals surface area contributed by atoms with Gasteiger partial charge in [0, 0.05) is 23.4 Å². The van der Waals surface area contributed by atoms with Crippen LogP contribution in [0.2, 0.25) is 5.02 Å². The van der Waals surface area contributed by atoms with E-state index in [9.17, 15) is 4.79 Å². The molecule has 0 saturated carbocycles. The molecule has 29 heavy (non-hydrogen) atoms. The van der Waals surface area contributed by atoms with Gasteiger partial charge >= 0.3 is 0 Å². The van der Waals surface area contributed by atoms with E-state index in [1.807, 2.05) is 48.5 Å². The molecule has 0 fully saturated rings. The molecule has 0 spiro atoms. The third-order valence-electron chi connectivity index (χ3n) is 4.36. The first-order valence-electron chi connectivity index (χ1n) is 9.51. The number of hydrogen-bond acceptors (Lipinski definition) is 4. The molecule has 6 heteroatoms. The summed E-state index contributed by atoms with van der Waals surface area (Å²) in [6.45, 7) is 5.29. The van der Waals surface area contributed by atoms with Crippen molar-refractivity contribution >= 4 is 23.2 Å². The highest BCUT2D eigenvalue weighted by atomic mass is 35.5. The molecule has 0 aliphatic carbocycles. The fourth-order valence-corrected chi connectivity index (χ4v) is 3.06. The Balaban J connectivity index is 1.63. The highest BCUT2D eigenvalue weighted by Crippen LogP contribution is 2.31. The number of ether oxygens (including phenoxy) is 1. The van der Waals surface area contributed by atoms with Crippen molar-refractivity contribution in [3.05, 3.63) is 70.9 Å². The van der Waals surface area contributed by atoms with Crippen molar-refractivity contribution in [2.75, 3.05) is 19.0 Å². The number of furan rings is 1. The molecule has 0 saturated heterocycles. The highest BCUT2D eigenvalue weighted by molar-refractivity contribution is 6.32. The van der Waals surface area contributed by atoms with E-state index in [1.165, 1.54) is 0 Å². The van der Waals surface area contributed by atoms with Gasteiger partial charge in [-0.15, -0.1) is 0 Å². The van der Waals surface area contributed by atoms with Crippen LogP contribution in [0.5, 0.6) is 5.75 Å². The van der Waals surface area contributed by atoms with E-state index in [0.717, 1.165) is 22.8 Å². The van der Waals surface area contributed by atoms with E-state index in [1.54, 1.807) is 13.2 Å². The van der Waals surface area contributed by atoms with Crippen molar-refractivity contribution in [2.24, 2.45) is 5.92 Å². The molecular formula is C23H25ClN2O3. The van der Waals surface area contributed by atoms with Gasteiger partial charge in [-0.1, -0.05) is 31.5 Å². The van der Waals surface area contributed by atoms with E-state index in [0.29, 0.717) is 35.3 Å². The first kappa shape index (κ1) is 20.8. The predicted octanol–water partition coefficient (Wildman–Crippen LogP) is 5.61. The number of carbonyl (C=O) groups excluding carboxylic acids is 1. The Morgan fingerprint density at radius 1 is 1.14 bits per heavy atom. The maximum Gasteiger partial charge on any atom is 0.251 e. The summed E-state index contributed by atoms with van der Waals surface area (Å²) < 4.78 is 11.1. The normalized spacial score (nSPS) is 10.8. The summed E-state index contributed by atoms with van der Waals surface area (Å²) in [6.07, 6.45) is 0. The number of halogens is 1. The van der Waals surface area contributed by atoms with Gasteiger partial charge < -0.3 is 19.8 Å². The molecule has 0 bridgehead atoms.